The second kappa shape index (κ2) is 9.28. The molecule has 0 aliphatic rings. The molecule has 0 atom stereocenters. The van der Waals surface area contributed by atoms with Gasteiger partial charge in [-0.3, -0.25) is 4.79 Å². The lowest BCUT2D eigenvalue weighted by Crippen LogP contribution is -2.22. The van der Waals surface area contributed by atoms with Gasteiger partial charge in [-0.05, 0) is 28.5 Å². The van der Waals surface area contributed by atoms with Gasteiger partial charge in [-0.15, -0.1) is 6.58 Å². The first kappa shape index (κ1) is 20.5. The summed E-state index contributed by atoms with van der Waals surface area (Å²) in [6, 6.07) is 15.4. The molecule has 0 spiro atoms. The number of benzene rings is 2. The largest absolute Gasteiger partial charge is 0.507 e. The highest BCUT2D eigenvalue weighted by Gasteiger charge is 2.23. The van der Waals surface area contributed by atoms with Crippen molar-refractivity contribution in [3.8, 4) is 5.75 Å². The third kappa shape index (κ3) is 4.76. The van der Waals surface area contributed by atoms with Gasteiger partial charge in [-0.2, -0.15) is 9.78 Å². The Labute approximate surface area is 172 Å². The van der Waals surface area contributed by atoms with Crippen LogP contribution in [0.3, 0.4) is 0 Å². The molecular formula is C21H19N5O4. The van der Waals surface area contributed by atoms with Crippen LogP contribution >= 0.6 is 0 Å². The second-order valence-corrected chi connectivity index (χ2v) is 6.34. The van der Waals surface area contributed by atoms with Crippen molar-refractivity contribution in [1.29, 1.82) is 0 Å². The number of carbonyl (C=O) groups is 1. The van der Waals surface area contributed by atoms with Gasteiger partial charge in [0.25, 0.3) is 5.91 Å². The maximum Gasteiger partial charge on any atom is 0.390 e. The Kier molecular flexibility index (Phi) is 6.33. The molecule has 1 aromatic heterocycles. The van der Waals surface area contributed by atoms with E-state index < -0.39 is 16.6 Å². The number of phenols is 1. The van der Waals surface area contributed by atoms with E-state index in [0.717, 1.165) is 11.6 Å². The van der Waals surface area contributed by atoms with E-state index in [-0.39, 0.29) is 18.0 Å². The van der Waals surface area contributed by atoms with Gasteiger partial charge >= 0.3 is 5.82 Å². The molecule has 0 aliphatic heterocycles. The zero-order valence-corrected chi connectivity index (χ0v) is 15.9. The van der Waals surface area contributed by atoms with Crippen molar-refractivity contribution in [3.63, 3.8) is 0 Å². The number of hydrogen-bond donors (Lipinski definition) is 2. The summed E-state index contributed by atoms with van der Waals surface area (Å²) in [7, 11) is 0. The van der Waals surface area contributed by atoms with Crippen LogP contribution < -0.4 is 5.43 Å². The highest BCUT2D eigenvalue weighted by Crippen LogP contribution is 2.21. The highest BCUT2D eigenvalue weighted by atomic mass is 16.6. The van der Waals surface area contributed by atoms with Gasteiger partial charge in [0, 0.05) is 5.56 Å². The first-order valence-corrected chi connectivity index (χ1v) is 9.01. The fourth-order valence-electron chi connectivity index (χ4n) is 2.81. The minimum Gasteiger partial charge on any atom is -0.507 e. The van der Waals surface area contributed by atoms with Gasteiger partial charge in [0.1, 0.15) is 5.75 Å². The maximum atomic E-state index is 12.6. The van der Waals surface area contributed by atoms with Crippen LogP contribution in [0.2, 0.25) is 0 Å². The Morgan fingerprint density at radius 3 is 2.73 bits per heavy atom. The molecule has 2 aromatic carbocycles. The molecule has 2 N–H and O–H groups in total. The molecule has 30 heavy (non-hydrogen) atoms. The quantitative estimate of drug-likeness (QED) is 0.258. The normalized spacial score (nSPS) is 10.8. The van der Waals surface area contributed by atoms with Gasteiger partial charge in [0.15, 0.2) is 5.69 Å². The molecular weight excluding hydrogens is 386 g/mol. The van der Waals surface area contributed by atoms with Crippen LogP contribution in [0.15, 0.2) is 72.4 Å². The van der Waals surface area contributed by atoms with Crippen molar-refractivity contribution in [3.05, 3.63) is 99.8 Å². The molecule has 1 amide bonds. The summed E-state index contributed by atoms with van der Waals surface area (Å²) in [6.45, 7) is 3.83. The van der Waals surface area contributed by atoms with Crippen LogP contribution in [0.25, 0.3) is 0 Å². The summed E-state index contributed by atoms with van der Waals surface area (Å²) >= 11 is 0. The molecule has 0 fully saturated rings. The topological polar surface area (TPSA) is 123 Å². The van der Waals surface area contributed by atoms with Gasteiger partial charge in [-0.1, -0.05) is 48.5 Å². The Morgan fingerprint density at radius 2 is 2.03 bits per heavy atom. The summed E-state index contributed by atoms with van der Waals surface area (Å²) < 4.78 is 1.25. The lowest BCUT2D eigenvalue weighted by molar-refractivity contribution is -0.389. The van der Waals surface area contributed by atoms with Gasteiger partial charge in [0.05, 0.1) is 23.9 Å². The van der Waals surface area contributed by atoms with E-state index in [2.05, 4.69) is 22.2 Å². The number of carbonyl (C=O) groups excluding carboxylic acids is 1. The first-order valence-electron chi connectivity index (χ1n) is 9.01. The van der Waals surface area contributed by atoms with Crippen LogP contribution in [-0.4, -0.2) is 31.9 Å². The number of amides is 1. The summed E-state index contributed by atoms with van der Waals surface area (Å²) in [5.74, 6) is -1.06. The summed E-state index contributed by atoms with van der Waals surface area (Å²) in [5, 5.41) is 29.1. The van der Waals surface area contributed by atoms with Crippen molar-refractivity contribution >= 4 is 17.9 Å². The number of phenolic OH excluding ortho intramolecular Hbond substituents is 1. The fraction of sp³-hybridized carbons (Fsp3) is 0.0952. The van der Waals surface area contributed by atoms with Crippen molar-refractivity contribution in [2.45, 2.75) is 13.0 Å². The molecule has 9 nitrogen and oxygen atoms in total. The lowest BCUT2D eigenvalue weighted by atomic mass is 10.1. The van der Waals surface area contributed by atoms with Gasteiger partial charge in [0.2, 0.25) is 0 Å². The van der Waals surface area contributed by atoms with Crippen LogP contribution in [-0.2, 0) is 13.0 Å². The van der Waals surface area contributed by atoms with E-state index in [4.69, 9.17) is 0 Å². The standard InChI is InChI=1S/C21H19N5O4/c1-2-7-16-10-6-11-17(20(16)27)13-22-23-21(28)18-12-19(26(29)30)24-25(18)14-15-8-4-3-5-9-15/h2-6,8-13,27H,1,7,14H2,(H,23,28)/b22-13-. The van der Waals surface area contributed by atoms with Crippen molar-refractivity contribution in [1.82, 2.24) is 15.2 Å². The van der Waals surface area contributed by atoms with E-state index in [0.29, 0.717) is 17.5 Å². The molecule has 0 saturated carbocycles. The summed E-state index contributed by atoms with van der Waals surface area (Å²) in [6.07, 6.45) is 3.45. The number of nitrogens with zero attached hydrogens (tertiary/aromatic N) is 4. The number of aromatic hydroxyl groups is 1. The highest BCUT2D eigenvalue weighted by molar-refractivity contribution is 5.94. The predicted octanol–water partition coefficient (Wildman–Crippen LogP) is 3.04. The summed E-state index contributed by atoms with van der Waals surface area (Å²) in [5.41, 5.74) is 4.24. The Balaban J connectivity index is 1.79. The average Bonchev–Trinajstić information content (AvgIpc) is 3.16. The predicted molar refractivity (Wildman–Crippen MR) is 111 cm³/mol. The molecule has 0 bridgehead atoms. The number of hydrogen-bond acceptors (Lipinski definition) is 6. The van der Waals surface area contributed by atoms with Crippen LogP contribution in [0, 0.1) is 10.1 Å². The minimum atomic E-state index is -0.662. The second-order valence-electron chi connectivity index (χ2n) is 6.34. The number of nitrogens with one attached hydrogen (secondary N) is 1. The average molecular weight is 405 g/mol. The molecule has 3 rings (SSSR count). The Morgan fingerprint density at radius 1 is 1.27 bits per heavy atom. The fourth-order valence-corrected chi connectivity index (χ4v) is 2.81. The van der Waals surface area contributed by atoms with E-state index in [9.17, 15) is 20.0 Å². The zero-order chi connectivity index (χ0) is 21.5. The van der Waals surface area contributed by atoms with Crippen LogP contribution in [0.4, 0.5) is 5.82 Å². The van der Waals surface area contributed by atoms with Crippen molar-refractivity contribution in [2.75, 3.05) is 0 Å². The molecule has 0 aliphatic carbocycles. The van der Waals surface area contributed by atoms with E-state index in [1.54, 1.807) is 24.3 Å². The minimum absolute atomic E-state index is 0.00710. The smallest absolute Gasteiger partial charge is 0.390 e. The number of hydrazone groups is 1. The Hall–Kier alpha value is -4.27. The number of para-hydroxylation sites is 1. The maximum absolute atomic E-state index is 12.6. The molecule has 152 valence electrons. The molecule has 3 aromatic rings. The molecule has 9 heteroatoms. The van der Waals surface area contributed by atoms with Crippen LogP contribution in [0.1, 0.15) is 27.2 Å². The lowest BCUT2D eigenvalue weighted by Gasteiger charge is -2.05. The van der Waals surface area contributed by atoms with Gasteiger partial charge in [-0.25, -0.2) is 5.43 Å². The third-order valence-electron chi connectivity index (χ3n) is 4.25. The van der Waals surface area contributed by atoms with Crippen LogP contribution in [0.5, 0.6) is 5.75 Å². The third-order valence-corrected chi connectivity index (χ3v) is 4.25. The molecule has 0 unspecified atom stereocenters. The monoisotopic (exact) mass is 405 g/mol. The van der Waals surface area contributed by atoms with Crippen molar-refractivity contribution in [2.24, 2.45) is 5.10 Å². The molecule has 0 saturated heterocycles. The van der Waals surface area contributed by atoms with Gasteiger partial charge < -0.3 is 15.2 Å². The number of nitro groups is 1. The van der Waals surface area contributed by atoms with E-state index in [1.807, 2.05) is 30.3 Å². The molecule has 0 radical (unpaired) electrons. The van der Waals surface area contributed by atoms with E-state index >= 15 is 0 Å². The zero-order valence-electron chi connectivity index (χ0n) is 15.9. The molecule has 1 heterocycles. The number of aromatic nitrogens is 2. The number of allylic oxidation sites excluding steroid dienone is 1. The number of rotatable bonds is 8. The first-order chi connectivity index (χ1) is 14.5. The Bertz CT molecular complexity index is 1110. The van der Waals surface area contributed by atoms with Crippen molar-refractivity contribution < 1.29 is 14.8 Å². The SMILES string of the molecule is C=CCc1cccc(/C=N\NC(=O)c2cc([N+](=O)[O-])nn2Cc2ccccc2)c1O. The van der Waals surface area contributed by atoms with E-state index in [1.165, 1.54) is 10.9 Å². The summed E-state index contributed by atoms with van der Waals surface area (Å²) in [4.78, 5) is 23.0.